The maximum Gasteiger partial charge on any atom is 0.134 e. The third-order valence-electron chi connectivity index (χ3n) is 13.9. The van der Waals surface area contributed by atoms with Crippen LogP contribution < -0.4 is 0 Å². The van der Waals surface area contributed by atoms with E-state index >= 15 is 0 Å². The molecule has 0 saturated carbocycles. The quantitative estimate of drug-likeness (QED) is 0.157. The second-order valence-corrected chi connectivity index (χ2v) is 17.7. The van der Waals surface area contributed by atoms with Crippen LogP contribution in [0.4, 0.5) is 0 Å². The molecule has 0 spiro atoms. The first kappa shape index (κ1) is 38.2. The van der Waals surface area contributed by atoms with Crippen LogP contribution in [-0.4, -0.2) is 13.7 Å². The Morgan fingerprint density at radius 2 is 0.500 bits per heavy atom. The molecular weight excluding hydrogens is 827 g/mol. The van der Waals surface area contributed by atoms with Gasteiger partial charge in [0.15, 0.2) is 0 Å². The molecule has 0 amide bonds. The zero-order chi connectivity index (χ0) is 44.7. The lowest BCUT2D eigenvalue weighted by Crippen LogP contribution is -1.94. The van der Waals surface area contributed by atoms with Gasteiger partial charge in [0, 0.05) is 60.5 Å². The van der Waals surface area contributed by atoms with E-state index in [4.69, 9.17) is 4.42 Å². The predicted octanol–water partition coefficient (Wildman–Crippen LogP) is 17.2. The van der Waals surface area contributed by atoms with Gasteiger partial charge >= 0.3 is 0 Å². The molecule has 14 aromatic rings. The Morgan fingerprint density at radius 3 is 0.912 bits per heavy atom. The van der Waals surface area contributed by atoms with Crippen molar-refractivity contribution >= 4 is 65.4 Å². The van der Waals surface area contributed by atoms with Gasteiger partial charge in [-0.15, -0.1) is 0 Å². The number of rotatable bonds is 7. The van der Waals surface area contributed by atoms with Crippen LogP contribution in [0.5, 0.6) is 0 Å². The highest BCUT2D eigenvalue weighted by Crippen LogP contribution is 2.41. The van der Waals surface area contributed by atoms with Crippen molar-refractivity contribution < 1.29 is 4.42 Å². The van der Waals surface area contributed by atoms with Gasteiger partial charge in [0.25, 0.3) is 0 Å². The SMILES string of the molecule is c1ccc(-c2ccc(-c3ccc(-n4c5ccccc5c5cc(-c6ccc7c(c6)c6cc(-c8ccc9c(c8)c8ccccc8n9-c8ccccc8)ccc6n7-c6ccccc6)ccc54)cc3)o2)cc1. The number of para-hydroxylation sites is 4. The normalized spacial score (nSPS) is 11.8. The molecule has 10 aromatic carbocycles. The standard InChI is InChI=1S/C64H41N3O/c1-4-14-42(15-5-1)63-36-37-64(68-63)43-24-30-50(31-25-43)67-58-23-13-11-21-52(58)54-39-45(27-33-60(54)67)47-29-35-62-56(41-47)55-40-46(28-34-61(55)66(62)49-18-8-3-9-19-49)44-26-32-59-53(38-44)51-20-10-12-22-57(51)65(59)48-16-6-2-7-17-48/h1-41H. The van der Waals surface area contributed by atoms with Gasteiger partial charge in [0.2, 0.25) is 0 Å². The van der Waals surface area contributed by atoms with Crippen LogP contribution in [0.15, 0.2) is 253 Å². The molecule has 0 aliphatic carbocycles. The zero-order valence-corrected chi connectivity index (χ0v) is 36.9. The van der Waals surface area contributed by atoms with Gasteiger partial charge < -0.3 is 18.1 Å². The maximum atomic E-state index is 6.31. The summed E-state index contributed by atoms with van der Waals surface area (Å²) in [6.07, 6.45) is 0. The van der Waals surface area contributed by atoms with Crippen molar-refractivity contribution in [3.05, 3.63) is 249 Å². The number of benzene rings is 10. The molecule has 0 unspecified atom stereocenters. The first-order valence-electron chi connectivity index (χ1n) is 23.2. The third-order valence-corrected chi connectivity index (χ3v) is 13.9. The van der Waals surface area contributed by atoms with Crippen LogP contribution in [0, 0.1) is 0 Å². The van der Waals surface area contributed by atoms with Crippen LogP contribution >= 0.6 is 0 Å². The third kappa shape index (κ3) is 6.01. The van der Waals surface area contributed by atoms with E-state index in [9.17, 15) is 0 Å². The summed E-state index contributed by atoms with van der Waals surface area (Å²) in [4.78, 5) is 0. The number of hydrogen-bond donors (Lipinski definition) is 0. The van der Waals surface area contributed by atoms with Gasteiger partial charge in [0.05, 0.1) is 33.1 Å². The molecule has 0 saturated heterocycles. The Hall–Kier alpha value is -9.12. The molecule has 4 heteroatoms. The molecule has 0 N–H and O–H groups in total. The van der Waals surface area contributed by atoms with Gasteiger partial charge in [-0.25, -0.2) is 0 Å². The molecule has 0 radical (unpaired) electrons. The Bertz CT molecular complexity index is 4230. The predicted molar refractivity (Wildman–Crippen MR) is 283 cm³/mol. The van der Waals surface area contributed by atoms with Crippen LogP contribution in [0.25, 0.3) is 127 Å². The highest BCUT2D eigenvalue weighted by Gasteiger charge is 2.19. The van der Waals surface area contributed by atoms with Gasteiger partial charge in [-0.05, 0) is 144 Å². The van der Waals surface area contributed by atoms with Crippen molar-refractivity contribution in [3.8, 4) is 62.0 Å². The first-order valence-corrected chi connectivity index (χ1v) is 23.2. The number of fused-ring (bicyclic) bond motifs is 9. The van der Waals surface area contributed by atoms with Crippen LogP contribution in [0.3, 0.4) is 0 Å². The number of hydrogen-bond acceptors (Lipinski definition) is 1. The molecule has 4 aromatic heterocycles. The lowest BCUT2D eigenvalue weighted by molar-refractivity contribution is 0.597. The van der Waals surface area contributed by atoms with Crippen molar-refractivity contribution in [1.82, 2.24) is 13.7 Å². The van der Waals surface area contributed by atoms with Crippen LogP contribution in [0.1, 0.15) is 0 Å². The van der Waals surface area contributed by atoms with Crippen molar-refractivity contribution in [1.29, 1.82) is 0 Å². The van der Waals surface area contributed by atoms with E-state index in [0.29, 0.717) is 0 Å². The van der Waals surface area contributed by atoms with Crippen LogP contribution in [-0.2, 0) is 0 Å². The average Bonchev–Trinajstić information content (AvgIpc) is 4.19. The van der Waals surface area contributed by atoms with E-state index in [1.165, 1.54) is 87.7 Å². The second-order valence-electron chi connectivity index (χ2n) is 17.7. The van der Waals surface area contributed by atoms with Gasteiger partial charge in [0.1, 0.15) is 11.5 Å². The summed E-state index contributed by atoms with van der Waals surface area (Å²) in [5, 5.41) is 7.39. The molecule has 0 bridgehead atoms. The van der Waals surface area contributed by atoms with Crippen molar-refractivity contribution in [2.24, 2.45) is 0 Å². The lowest BCUT2D eigenvalue weighted by atomic mass is 9.98. The van der Waals surface area contributed by atoms with E-state index in [1.54, 1.807) is 0 Å². The summed E-state index contributed by atoms with van der Waals surface area (Å²) in [6.45, 7) is 0. The molecule has 0 atom stereocenters. The van der Waals surface area contributed by atoms with Crippen LogP contribution in [0.2, 0.25) is 0 Å². The Kier molecular flexibility index (Phi) is 8.55. The highest BCUT2D eigenvalue weighted by atomic mass is 16.3. The number of aromatic nitrogens is 3. The fourth-order valence-electron chi connectivity index (χ4n) is 10.7. The molecule has 0 aliphatic rings. The van der Waals surface area contributed by atoms with Gasteiger partial charge in [-0.1, -0.05) is 127 Å². The summed E-state index contributed by atoms with van der Waals surface area (Å²) in [7, 11) is 0. The number of nitrogens with zero attached hydrogens (tertiary/aromatic N) is 3. The topological polar surface area (TPSA) is 27.9 Å². The van der Waals surface area contributed by atoms with Gasteiger partial charge in [-0.2, -0.15) is 0 Å². The van der Waals surface area contributed by atoms with E-state index in [1.807, 2.05) is 24.3 Å². The molecule has 14 rings (SSSR count). The minimum absolute atomic E-state index is 0.854. The minimum atomic E-state index is 0.854. The molecular formula is C64H41N3O. The average molecular weight is 868 g/mol. The summed E-state index contributed by atoms with van der Waals surface area (Å²) < 4.78 is 13.5. The maximum absolute atomic E-state index is 6.31. The molecule has 4 heterocycles. The lowest BCUT2D eigenvalue weighted by Gasteiger charge is -2.10. The largest absolute Gasteiger partial charge is 0.456 e. The van der Waals surface area contributed by atoms with Gasteiger partial charge in [-0.3, -0.25) is 0 Å². The van der Waals surface area contributed by atoms with E-state index in [-0.39, 0.29) is 0 Å². The summed E-state index contributed by atoms with van der Waals surface area (Å²) in [5.74, 6) is 1.72. The summed E-state index contributed by atoms with van der Waals surface area (Å²) in [5.41, 5.74) is 17.4. The number of furan rings is 1. The Labute approximate surface area is 392 Å². The summed E-state index contributed by atoms with van der Waals surface area (Å²) >= 11 is 0. The van der Waals surface area contributed by atoms with Crippen molar-refractivity contribution in [2.45, 2.75) is 0 Å². The Balaban J connectivity index is 0.883. The first-order chi connectivity index (χ1) is 33.7. The molecule has 0 fully saturated rings. The molecule has 318 valence electrons. The fraction of sp³-hybridized carbons (Fsp3) is 0. The van der Waals surface area contributed by atoms with E-state index in [2.05, 4.69) is 238 Å². The second kappa shape index (κ2) is 15.2. The van der Waals surface area contributed by atoms with E-state index in [0.717, 1.165) is 39.7 Å². The molecule has 4 nitrogen and oxygen atoms in total. The smallest absolute Gasteiger partial charge is 0.134 e. The minimum Gasteiger partial charge on any atom is -0.456 e. The highest BCUT2D eigenvalue weighted by molar-refractivity contribution is 6.14. The van der Waals surface area contributed by atoms with E-state index < -0.39 is 0 Å². The Morgan fingerprint density at radius 1 is 0.206 bits per heavy atom. The van der Waals surface area contributed by atoms with Crippen molar-refractivity contribution in [3.63, 3.8) is 0 Å². The van der Waals surface area contributed by atoms with Crippen molar-refractivity contribution in [2.75, 3.05) is 0 Å². The zero-order valence-electron chi connectivity index (χ0n) is 36.9. The fourth-order valence-corrected chi connectivity index (χ4v) is 10.7. The molecule has 0 aliphatic heterocycles. The molecule has 68 heavy (non-hydrogen) atoms. The summed E-state index contributed by atoms with van der Waals surface area (Å²) in [6, 6.07) is 89.8. The monoisotopic (exact) mass is 867 g/mol.